The molecular formula is C19H18Cl2N2S. The van der Waals surface area contributed by atoms with Crippen LogP contribution < -0.4 is 4.80 Å². The molecule has 5 heteroatoms. The molecule has 3 aromatic rings. The van der Waals surface area contributed by atoms with Crippen molar-refractivity contribution >= 4 is 40.2 Å². The Morgan fingerprint density at radius 1 is 1.08 bits per heavy atom. The number of para-hydroxylation sites is 1. The molecule has 0 aliphatic carbocycles. The monoisotopic (exact) mass is 376 g/mol. The van der Waals surface area contributed by atoms with Crippen LogP contribution in [0, 0.1) is 0 Å². The van der Waals surface area contributed by atoms with Gasteiger partial charge in [-0.05, 0) is 36.8 Å². The van der Waals surface area contributed by atoms with Gasteiger partial charge in [-0.15, -0.1) is 11.3 Å². The van der Waals surface area contributed by atoms with Crippen LogP contribution in [0.15, 0.2) is 58.9 Å². The molecule has 0 radical (unpaired) electrons. The van der Waals surface area contributed by atoms with Crippen molar-refractivity contribution in [2.24, 2.45) is 4.99 Å². The molecule has 0 aliphatic heterocycles. The van der Waals surface area contributed by atoms with E-state index in [-0.39, 0.29) is 0 Å². The second kappa shape index (κ2) is 8.02. The SMILES string of the molecule is CCCCn1c(-c2ccc(Cl)cc2Cl)csc1=Nc1ccccc1. The Bertz CT molecular complexity index is 882. The largest absolute Gasteiger partial charge is 0.316 e. The minimum atomic E-state index is 0.647. The lowest BCUT2D eigenvalue weighted by molar-refractivity contribution is 0.624. The quantitative estimate of drug-likeness (QED) is 0.479. The highest BCUT2D eigenvalue weighted by molar-refractivity contribution is 7.07. The highest BCUT2D eigenvalue weighted by Gasteiger charge is 2.11. The van der Waals surface area contributed by atoms with E-state index >= 15 is 0 Å². The lowest BCUT2D eigenvalue weighted by atomic mass is 10.1. The van der Waals surface area contributed by atoms with E-state index in [1.165, 1.54) is 0 Å². The second-order valence-corrected chi connectivity index (χ2v) is 7.16. The van der Waals surface area contributed by atoms with Gasteiger partial charge in [-0.2, -0.15) is 0 Å². The second-order valence-electron chi connectivity index (χ2n) is 5.48. The third-order valence-corrected chi connectivity index (χ3v) is 5.13. The van der Waals surface area contributed by atoms with Gasteiger partial charge in [0.15, 0.2) is 4.80 Å². The fourth-order valence-corrected chi connectivity index (χ4v) is 3.93. The minimum Gasteiger partial charge on any atom is -0.316 e. The van der Waals surface area contributed by atoms with E-state index in [9.17, 15) is 0 Å². The predicted octanol–water partition coefficient (Wildman–Crippen LogP) is 6.56. The maximum atomic E-state index is 6.42. The van der Waals surface area contributed by atoms with Crippen molar-refractivity contribution in [3.05, 3.63) is 68.8 Å². The molecule has 0 saturated heterocycles. The first-order valence-corrected chi connectivity index (χ1v) is 9.56. The Labute approximate surface area is 156 Å². The molecule has 2 aromatic carbocycles. The van der Waals surface area contributed by atoms with Crippen LogP contribution in [0.25, 0.3) is 11.3 Å². The molecule has 1 heterocycles. The maximum Gasteiger partial charge on any atom is 0.190 e. The normalized spacial score (nSPS) is 11.9. The lowest BCUT2D eigenvalue weighted by Crippen LogP contribution is -2.16. The van der Waals surface area contributed by atoms with Gasteiger partial charge in [0.1, 0.15) is 0 Å². The average Bonchev–Trinajstić information content (AvgIpc) is 2.96. The van der Waals surface area contributed by atoms with Gasteiger partial charge in [0, 0.05) is 22.5 Å². The topological polar surface area (TPSA) is 17.3 Å². The zero-order chi connectivity index (χ0) is 16.9. The van der Waals surface area contributed by atoms with Gasteiger partial charge in [0.2, 0.25) is 0 Å². The van der Waals surface area contributed by atoms with E-state index in [1.807, 2.05) is 42.5 Å². The van der Waals surface area contributed by atoms with Crippen LogP contribution in [0.1, 0.15) is 19.8 Å². The molecule has 0 fully saturated rings. The summed E-state index contributed by atoms with van der Waals surface area (Å²) in [5.74, 6) is 0. The van der Waals surface area contributed by atoms with Crippen LogP contribution in [0.3, 0.4) is 0 Å². The molecule has 0 bridgehead atoms. The Morgan fingerprint density at radius 2 is 1.88 bits per heavy atom. The smallest absolute Gasteiger partial charge is 0.190 e. The molecule has 0 N–H and O–H groups in total. The molecular weight excluding hydrogens is 359 g/mol. The van der Waals surface area contributed by atoms with E-state index in [0.29, 0.717) is 10.0 Å². The van der Waals surface area contributed by atoms with E-state index in [4.69, 9.17) is 28.2 Å². The van der Waals surface area contributed by atoms with Gasteiger partial charge < -0.3 is 4.57 Å². The van der Waals surface area contributed by atoms with Crippen molar-refractivity contribution < 1.29 is 0 Å². The zero-order valence-electron chi connectivity index (χ0n) is 13.4. The number of nitrogens with zero attached hydrogens (tertiary/aromatic N) is 2. The summed E-state index contributed by atoms with van der Waals surface area (Å²) in [5, 5.41) is 3.43. The van der Waals surface area contributed by atoms with Gasteiger partial charge in [-0.1, -0.05) is 54.7 Å². The summed E-state index contributed by atoms with van der Waals surface area (Å²) >= 11 is 14.1. The molecule has 3 rings (SSSR count). The molecule has 0 atom stereocenters. The number of thiazole rings is 1. The fourth-order valence-electron chi connectivity index (χ4n) is 2.48. The van der Waals surface area contributed by atoms with Crippen LogP contribution in [0.5, 0.6) is 0 Å². The molecule has 0 unspecified atom stereocenters. The number of halogens is 2. The minimum absolute atomic E-state index is 0.647. The summed E-state index contributed by atoms with van der Waals surface area (Å²) in [6.45, 7) is 3.11. The van der Waals surface area contributed by atoms with Crippen LogP contribution in [0.2, 0.25) is 10.0 Å². The van der Waals surface area contributed by atoms with E-state index in [1.54, 1.807) is 17.4 Å². The third-order valence-electron chi connectivity index (χ3n) is 3.72. The first kappa shape index (κ1) is 17.3. The van der Waals surface area contributed by atoms with Gasteiger partial charge in [-0.25, -0.2) is 4.99 Å². The summed E-state index contributed by atoms with van der Waals surface area (Å²) in [6.07, 6.45) is 2.22. The number of benzene rings is 2. The molecule has 0 spiro atoms. The summed E-state index contributed by atoms with van der Waals surface area (Å²) in [4.78, 5) is 5.78. The Balaban J connectivity index is 2.12. The van der Waals surface area contributed by atoms with Gasteiger partial charge in [0.05, 0.1) is 16.4 Å². The van der Waals surface area contributed by atoms with E-state index in [2.05, 4.69) is 16.9 Å². The summed E-state index contributed by atoms with van der Waals surface area (Å²) in [5.41, 5.74) is 3.03. The summed E-state index contributed by atoms with van der Waals surface area (Å²) in [6, 6.07) is 15.7. The molecule has 124 valence electrons. The van der Waals surface area contributed by atoms with Gasteiger partial charge in [-0.3, -0.25) is 0 Å². The van der Waals surface area contributed by atoms with Crippen LogP contribution in [0.4, 0.5) is 5.69 Å². The standard InChI is InChI=1S/C19H18Cl2N2S/c1-2-3-11-23-18(16-10-9-14(20)12-17(16)21)13-24-19(23)22-15-7-5-4-6-8-15/h4-10,12-13H,2-3,11H2,1H3. The molecule has 0 aliphatic rings. The summed E-state index contributed by atoms with van der Waals surface area (Å²) in [7, 11) is 0. The number of hydrogen-bond donors (Lipinski definition) is 0. The molecule has 24 heavy (non-hydrogen) atoms. The number of rotatable bonds is 5. The molecule has 1 aromatic heterocycles. The van der Waals surface area contributed by atoms with Crippen molar-refractivity contribution in [3.63, 3.8) is 0 Å². The number of hydrogen-bond acceptors (Lipinski definition) is 2. The lowest BCUT2D eigenvalue weighted by Gasteiger charge is -2.10. The average molecular weight is 377 g/mol. The maximum absolute atomic E-state index is 6.42. The molecule has 0 saturated carbocycles. The summed E-state index contributed by atoms with van der Waals surface area (Å²) < 4.78 is 2.25. The van der Waals surface area contributed by atoms with Crippen molar-refractivity contribution in [3.8, 4) is 11.3 Å². The Hall–Kier alpha value is -1.55. The predicted molar refractivity (Wildman–Crippen MR) is 104 cm³/mol. The van der Waals surface area contributed by atoms with E-state index in [0.717, 1.165) is 41.1 Å². The van der Waals surface area contributed by atoms with Crippen molar-refractivity contribution in [2.45, 2.75) is 26.3 Å². The highest BCUT2D eigenvalue weighted by atomic mass is 35.5. The number of aromatic nitrogens is 1. The van der Waals surface area contributed by atoms with Gasteiger partial charge >= 0.3 is 0 Å². The van der Waals surface area contributed by atoms with Crippen LogP contribution >= 0.6 is 34.5 Å². The fraction of sp³-hybridized carbons (Fsp3) is 0.211. The number of unbranched alkanes of at least 4 members (excludes halogenated alkanes) is 1. The van der Waals surface area contributed by atoms with Crippen molar-refractivity contribution in [2.75, 3.05) is 0 Å². The van der Waals surface area contributed by atoms with E-state index < -0.39 is 0 Å². The highest BCUT2D eigenvalue weighted by Crippen LogP contribution is 2.31. The third kappa shape index (κ3) is 3.92. The van der Waals surface area contributed by atoms with Crippen LogP contribution in [-0.4, -0.2) is 4.57 Å². The van der Waals surface area contributed by atoms with Crippen molar-refractivity contribution in [1.29, 1.82) is 0 Å². The Kier molecular flexibility index (Phi) is 5.77. The first-order valence-electron chi connectivity index (χ1n) is 7.92. The Morgan fingerprint density at radius 3 is 2.58 bits per heavy atom. The van der Waals surface area contributed by atoms with Crippen LogP contribution in [-0.2, 0) is 6.54 Å². The molecule has 0 amide bonds. The zero-order valence-corrected chi connectivity index (χ0v) is 15.7. The van der Waals surface area contributed by atoms with Crippen molar-refractivity contribution in [1.82, 2.24) is 4.57 Å². The van der Waals surface area contributed by atoms with Gasteiger partial charge in [0.25, 0.3) is 0 Å². The molecule has 2 nitrogen and oxygen atoms in total. The first-order chi connectivity index (χ1) is 11.7.